The second-order valence-electron chi connectivity index (χ2n) is 5.22. The van der Waals surface area contributed by atoms with Crippen LogP contribution in [0.5, 0.6) is 0 Å². The molecule has 7 heteroatoms. The van der Waals surface area contributed by atoms with Crippen molar-refractivity contribution in [3.8, 4) is 0 Å². The van der Waals surface area contributed by atoms with Gasteiger partial charge in [0.25, 0.3) is 5.91 Å². The van der Waals surface area contributed by atoms with E-state index in [1.165, 1.54) is 0 Å². The Morgan fingerprint density at radius 3 is 2.90 bits per heavy atom. The van der Waals surface area contributed by atoms with Crippen molar-refractivity contribution in [2.75, 3.05) is 32.6 Å². The quantitative estimate of drug-likeness (QED) is 0.876. The highest BCUT2D eigenvalue weighted by atomic mass is 16.7. The number of aromatic amines is 1. The summed E-state index contributed by atoms with van der Waals surface area (Å²) in [5, 5.41) is 2.78. The summed E-state index contributed by atoms with van der Waals surface area (Å²) in [6.45, 7) is 1.64. The summed E-state index contributed by atoms with van der Waals surface area (Å²) < 4.78 is 10.3. The minimum absolute atomic E-state index is 0.292. The summed E-state index contributed by atoms with van der Waals surface area (Å²) in [4.78, 5) is 21.7. The molecule has 1 aromatic heterocycles. The number of carbonyl (C=O) groups excluding carboxylic acids is 1. The Kier molecular flexibility index (Phi) is 3.87. The molecular formula is C14H18N4O3. The smallest absolute Gasteiger partial charge is 0.281 e. The zero-order valence-corrected chi connectivity index (χ0v) is 12.0. The molecule has 1 aromatic carbocycles. The Morgan fingerprint density at radius 1 is 1.43 bits per heavy atom. The fraction of sp³-hybridized carbons (Fsp3) is 0.429. The van der Waals surface area contributed by atoms with Gasteiger partial charge in [0.1, 0.15) is 5.82 Å². The van der Waals surface area contributed by atoms with E-state index < -0.39 is 6.29 Å². The first kappa shape index (κ1) is 14.0. The molecule has 0 atom stereocenters. The van der Waals surface area contributed by atoms with Crippen molar-refractivity contribution in [3.63, 3.8) is 0 Å². The summed E-state index contributed by atoms with van der Waals surface area (Å²) in [7, 11) is 3.97. The third-order valence-electron chi connectivity index (χ3n) is 3.10. The first-order valence-electron chi connectivity index (χ1n) is 6.79. The van der Waals surface area contributed by atoms with Gasteiger partial charge in [-0.05, 0) is 32.3 Å². The molecule has 0 spiro atoms. The van der Waals surface area contributed by atoms with Gasteiger partial charge in [-0.2, -0.15) is 0 Å². The Morgan fingerprint density at radius 2 is 2.19 bits per heavy atom. The van der Waals surface area contributed by atoms with Crippen molar-refractivity contribution in [3.05, 3.63) is 24.0 Å². The Labute approximate surface area is 122 Å². The van der Waals surface area contributed by atoms with Crippen LogP contribution in [0.25, 0.3) is 11.0 Å². The number of nitrogens with one attached hydrogen (secondary N) is 2. The highest BCUT2D eigenvalue weighted by molar-refractivity contribution is 5.95. The van der Waals surface area contributed by atoms with Crippen LogP contribution in [0, 0.1) is 0 Å². The lowest BCUT2D eigenvalue weighted by Crippen LogP contribution is -2.28. The molecule has 2 N–H and O–H groups in total. The Balaban J connectivity index is 1.75. The molecule has 0 radical (unpaired) electrons. The van der Waals surface area contributed by atoms with E-state index in [9.17, 15) is 4.79 Å². The molecule has 0 saturated carbocycles. The molecule has 2 aromatic rings. The lowest BCUT2D eigenvalue weighted by atomic mass is 10.2. The van der Waals surface area contributed by atoms with Crippen LogP contribution in [0.3, 0.4) is 0 Å². The molecule has 1 fully saturated rings. The number of imidazole rings is 1. The topological polar surface area (TPSA) is 79.5 Å². The van der Waals surface area contributed by atoms with Gasteiger partial charge in [-0.1, -0.05) is 0 Å². The summed E-state index contributed by atoms with van der Waals surface area (Å²) >= 11 is 0. The van der Waals surface area contributed by atoms with Gasteiger partial charge >= 0.3 is 0 Å². The number of fused-ring (bicyclic) bond motifs is 1. The lowest BCUT2D eigenvalue weighted by Gasteiger charge is -2.09. The van der Waals surface area contributed by atoms with E-state index in [2.05, 4.69) is 15.3 Å². The summed E-state index contributed by atoms with van der Waals surface area (Å²) in [6.07, 6.45) is -0.813. The molecule has 2 heterocycles. The largest absolute Gasteiger partial charge is 0.342 e. The van der Waals surface area contributed by atoms with E-state index in [1.807, 2.05) is 37.2 Å². The van der Waals surface area contributed by atoms with Crippen molar-refractivity contribution >= 4 is 22.6 Å². The molecule has 0 bridgehead atoms. The number of H-pyrrole nitrogens is 1. The zero-order chi connectivity index (χ0) is 14.8. The average molecular weight is 290 g/mol. The predicted octanol–water partition coefficient (Wildman–Crippen LogP) is 0.936. The molecule has 21 heavy (non-hydrogen) atoms. The number of nitrogens with zero attached hydrogens (tertiary/aromatic N) is 2. The first-order chi connectivity index (χ1) is 10.1. The van der Waals surface area contributed by atoms with Crippen molar-refractivity contribution in [2.45, 2.75) is 12.8 Å². The van der Waals surface area contributed by atoms with Crippen LogP contribution in [0.1, 0.15) is 5.82 Å². The number of hydrogen-bond acceptors (Lipinski definition) is 5. The van der Waals surface area contributed by atoms with Gasteiger partial charge in [-0.3, -0.25) is 4.79 Å². The van der Waals surface area contributed by atoms with Crippen molar-refractivity contribution < 1.29 is 14.3 Å². The number of hydrogen-bond donors (Lipinski definition) is 2. The number of ether oxygens (including phenoxy) is 2. The van der Waals surface area contributed by atoms with Crippen molar-refractivity contribution in [1.82, 2.24) is 14.9 Å². The van der Waals surface area contributed by atoms with E-state index >= 15 is 0 Å². The highest BCUT2D eigenvalue weighted by Gasteiger charge is 2.24. The molecule has 0 aliphatic carbocycles. The third kappa shape index (κ3) is 3.21. The second kappa shape index (κ2) is 5.80. The van der Waals surface area contributed by atoms with Gasteiger partial charge in [-0.15, -0.1) is 0 Å². The molecule has 112 valence electrons. The van der Waals surface area contributed by atoms with E-state index in [4.69, 9.17) is 9.47 Å². The van der Waals surface area contributed by atoms with E-state index in [0.717, 1.165) is 23.4 Å². The second-order valence-corrected chi connectivity index (χ2v) is 5.22. The first-order valence-corrected chi connectivity index (χ1v) is 6.79. The van der Waals surface area contributed by atoms with Gasteiger partial charge in [0.15, 0.2) is 0 Å². The maximum Gasteiger partial charge on any atom is 0.281 e. The minimum atomic E-state index is -0.813. The summed E-state index contributed by atoms with van der Waals surface area (Å²) in [5.74, 6) is 0.598. The lowest BCUT2D eigenvalue weighted by molar-refractivity contribution is -0.140. The standard InChI is InChI=1S/C14H18N4O3/c1-18(2)8-12-16-10-4-3-9(7-11(10)17-12)15-13(19)14-20-5-6-21-14/h3-4,7,14H,5-6,8H2,1-2H3,(H,15,19)(H,16,17). The monoisotopic (exact) mass is 290 g/mol. The molecule has 0 unspecified atom stereocenters. The number of rotatable bonds is 4. The average Bonchev–Trinajstić information content (AvgIpc) is 3.05. The Hall–Kier alpha value is -1.96. The Bertz CT molecular complexity index is 647. The summed E-state index contributed by atoms with van der Waals surface area (Å²) in [6, 6.07) is 5.54. The molecule has 3 rings (SSSR count). The molecule has 1 amide bonds. The maximum absolute atomic E-state index is 11.9. The fourth-order valence-corrected chi connectivity index (χ4v) is 2.23. The van der Waals surface area contributed by atoms with Crippen LogP contribution >= 0.6 is 0 Å². The maximum atomic E-state index is 11.9. The molecule has 1 saturated heterocycles. The predicted molar refractivity (Wildman–Crippen MR) is 77.8 cm³/mol. The highest BCUT2D eigenvalue weighted by Crippen LogP contribution is 2.18. The molecule has 7 nitrogen and oxygen atoms in total. The van der Waals surface area contributed by atoms with Crippen LogP contribution in [0.15, 0.2) is 18.2 Å². The van der Waals surface area contributed by atoms with Crippen LogP contribution in [-0.4, -0.2) is 54.4 Å². The van der Waals surface area contributed by atoms with Gasteiger partial charge in [0.05, 0.1) is 30.8 Å². The van der Waals surface area contributed by atoms with E-state index in [-0.39, 0.29) is 5.91 Å². The SMILES string of the molecule is CN(C)Cc1nc2ccc(NC(=O)C3OCCO3)cc2[nH]1. The van der Waals surface area contributed by atoms with Gasteiger partial charge in [0, 0.05) is 5.69 Å². The number of aromatic nitrogens is 2. The number of anilines is 1. The van der Waals surface area contributed by atoms with Gasteiger partial charge < -0.3 is 24.7 Å². The molecular weight excluding hydrogens is 272 g/mol. The van der Waals surface area contributed by atoms with Gasteiger partial charge in [0.2, 0.25) is 6.29 Å². The summed E-state index contributed by atoms with van der Waals surface area (Å²) in [5.41, 5.74) is 2.45. The molecule has 1 aliphatic rings. The van der Waals surface area contributed by atoms with Crippen LogP contribution < -0.4 is 5.32 Å². The number of benzene rings is 1. The minimum Gasteiger partial charge on any atom is -0.342 e. The van der Waals surface area contributed by atoms with E-state index in [0.29, 0.717) is 18.9 Å². The van der Waals surface area contributed by atoms with Crippen molar-refractivity contribution in [2.24, 2.45) is 0 Å². The number of amides is 1. The van der Waals surface area contributed by atoms with Crippen LogP contribution in [0.4, 0.5) is 5.69 Å². The fourth-order valence-electron chi connectivity index (χ4n) is 2.23. The van der Waals surface area contributed by atoms with E-state index in [1.54, 1.807) is 0 Å². The zero-order valence-electron chi connectivity index (χ0n) is 12.0. The van der Waals surface area contributed by atoms with Gasteiger partial charge in [-0.25, -0.2) is 4.98 Å². The normalized spacial score (nSPS) is 16.0. The van der Waals surface area contributed by atoms with Crippen LogP contribution in [0.2, 0.25) is 0 Å². The van der Waals surface area contributed by atoms with Crippen molar-refractivity contribution in [1.29, 1.82) is 0 Å². The third-order valence-corrected chi connectivity index (χ3v) is 3.10. The van der Waals surface area contributed by atoms with Crippen LogP contribution in [-0.2, 0) is 20.8 Å². The number of carbonyl (C=O) groups is 1. The molecule has 1 aliphatic heterocycles.